The molecule has 2 aliphatic rings. The van der Waals surface area contributed by atoms with Gasteiger partial charge in [0.2, 0.25) is 12.4 Å². The van der Waals surface area contributed by atoms with Crippen LogP contribution in [-0.4, -0.2) is 127 Å². The summed E-state index contributed by atoms with van der Waals surface area (Å²) in [5.41, 5.74) is -1.07. The highest BCUT2D eigenvalue weighted by Gasteiger charge is 2.53. The van der Waals surface area contributed by atoms with Crippen molar-refractivity contribution in [3.8, 4) is 5.75 Å². The summed E-state index contributed by atoms with van der Waals surface area (Å²) in [6.45, 7) is 8.52. The molecular formula is C34H43NO21S2. The van der Waals surface area contributed by atoms with Gasteiger partial charge >= 0.3 is 52.2 Å². The van der Waals surface area contributed by atoms with Gasteiger partial charge in [-0.05, 0) is 24.6 Å². The van der Waals surface area contributed by atoms with Crippen molar-refractivity contribution in [2.24, 2.45) is 5.16 Å². The minimum Gasteiger partial charge on any atom is -0.463 e. The van der Waals surface area contributed by atoms with E-state index in [4.69, 9.17) is 47.4 Å². The number of hydrogen-bond donors (Lipinski definition) is 1. The number of thioether (sulfide) groups is 1. The highest BCUT2D eigenvalue weighted by Crippen LogP contribution is 2.36. The number of hydrogen-bond acceptors (Lipinski definition) is 22. The Morgan fingerprint density at radius 3 is 1.62 bits per heavy atom. The zero-order valence-electron chi connectivity index (χ0n) is 32.4. The number of benzene rings is 1. The topological polar surface area (TPSA) is 288 Å². The lowest BCUT2D eigenvalue weighted by Crippen LogP contribution is -2.62. The maximum atomic E-state index is 12.3. The molecule has 0 aromatic heterocycles. The van der Waals surface area contributed by atoms with Crippen molar-refractivity contribution < 1.29 is 98.2 Å². The zero-order chi connectivity index (χ0) is 43.5. The van der Waals surface area contributed by atoms with E-state index >= 15 is 0 Å². The monoisotopic (exact) mass is 865 g/mol. The van der Waals surface area contributed by atoms with Crippen molar-refractivity contribution in [1.29, 1.82) is 0 Å². The smallest absolute Gasteiger partial charge is 0.463 e. The van der Waals surface area contributed by atoms with Crippen LogP contribution >= 0.6 is 11.8 Å². The average Bonchev–Trinajstić information content (AvgIpc) is 3.08. The van der Waals surface area contributed by atoms with Gasteiger partial charge in [-0.15, -0.1) is 0 Å². The predicted octanol–water partition coefficient (Wildman–Crippen LogP) is 1.10. The first kappa shape index (κ1) is 47.3. The van der Waals surface area contributed by atoms with Crippen LogP contribution in [-0.2, 0) is 97.3 Å². The molecular weight excluding hydrogens is 822 g/mol. The van der Waals surface area contributed by atoms with Crippen LogP contribution in [0.5, 0.6) is 5.75 Å². The van der Waals surface area contributed by atoms with Crippen molar-refractivity contribution in [3.05, 3.63) is 29.8 Å². The Hall–Kier alpha value is -5.04. The number of carbonyl (C=O) groups excluding carboxylic acids is 7. The summed E-state index contributed by atoms with van der Waals surface area (Å²) in [7, 11) is -5.17. The van der Waals surface area contributed by atoms with Crippen LogP contribution in [0, 0.1) is 0 Å². The van der Waals surface area contributed by atoms with Crippen LogP contribution in [0.15, 0.2) is 29.4 Å². The molecule has 0 unspecified atom stereocenters. The highest BCUT2D eigenvalue weighted by molar-refractivity contribution is 8.14. The number of nitrogens with zero attached hydrogens (tertiary/aromatic N) is 1. The molecule has 0 saturated carbocycles. The van der Waals surface area contributed by atoms with Gasteiger partial charge in [0.1, 0.15) is 28.9 Å². The molecule has 10 atom stereocenters. The summed E-state index contributed by atoms with van der Waals surface area (Å²) in [5, 5.41) is 3.29. The molecule has 2 fully saturated rings. The standard InChI is InChI=1S/C34H43NO21S2/c1-15-27(48-17(3)37)29(50-19(5)39)31(52-21(7)41)33(47-15)54-24-11-9-23(10-12-24)13-26(35-56-58(43,44)45)57-34-32(53-22(8)42)30(51-20(6)40)28(49-18(4)38)25(55-34)14-46-16(2)36/h9-12,15,25,27-34H,13-14H2,1-8H3,(H,43,44,45)/b35-26-/t15-,25+,27-,28+,29+,30-,31+,32+,33-,34-/m0/s1. The lowest BCUT2D eigenvalue weighted by atomic mass is 9.99. The second-order valence-corrected chi connectivity index (χ2v) is 14.7. The van der Waals surface area contributed by atoms with Crippen molar-refractivity contribution in [2.75, 3.05) is 6.61 Å². The summed E-state index contributed by atoms with van der Waals surface area (Å²) in [4.78, 5) is 84.2. The first-order valence-electron chi connectivity index (χ1n) is 17.2. The first-order chi connectivity index (χ1) is 27.0. The highest BCUT2D eigenvalue weighted by atomic mass is 32.3. The first-order valence-corrected chi connectivity index (χ1v) is 19.4. The number of rotatable bonds is 15. The van der Waals surface area contributed by atoms with Crippen LogP contribution < -0.4 is 4.74 Å². The van der Waals surface area contributed by atoms with Gasteiger partial charge in [-0.2, -0.15) is 8.42 Å². The van der Waals surface area contributed by atoms with E-state index < -0.39 is 119 Å². The quantitative estimate of drug-likeness (QED) is 0.0645. The Balaban J connectivity index is 1.97. The van der Waals surface area contributed by atoms with Gasteiger partial charge < -0.3 is 47.4 Å². The molecule has 2 saturated heterocycles. The average molecular weight is 866 g/mol. The summed E-state index contributed by atoms with van der Waals surface area (Å²) >= 11 is 0.590. The van der Waals surface area contributed by atoms with Gasteiger partial charge in [0.05, 0.1) is 6.10 Å². The largest absolute Gasteiger partial charge is 0.466 e. The van der Waals surface area contributed by atoms with Crippen molar-refractivity contribution in [3.63, 3.8) is 0 Å². The molecule has 322 valence electrons. The lowest BCUT2D eigenvalue weighted by molar-refractivity contribution is -0.280. The van der Waals surface area contributed by atoms with Crippen molar-refractivity contribution >= 4 is 69.0 Å². The van der Waals surface area contributed by atoms with Crippen LogP contribution in [0.25, 0.3) is 0 Å². The molecule has 0 spiro atoms. The summed E-state index contributed by atoms with van der Waals surface area (Å²) in [5.74, 6) is -5.55. The Bertz CT molecular complexity index is 1820. The maximum absolute atomic E-state index is 12.3. The van der Waals surface area contributed by atoms with Crippen LogP contribution in [0.1, 0.15) is 61.0 Å². The molecule has 1 N–H and O–H groups in total. The molecule has 0 aliphatic carbocycles. The van der Waals surface area contributed by atoms with Gasteiger partial charge in [0.15, 0.2) is 30.5 Å². The van der Waals surface area contributed by atoms with Crippen molar-refractivity contribution in [1.82, 2.24) is 0 Å². The molecule has 1 aromatic carbocycles. The van der Waals surface area contributed by atoms with Gasteiger partial charge in [-0.25, -0.2) is 4.28 Å². The van der Waals surface area contributed by atoms with Crippen molar-refractivity contribution in [2.45, 2.75) is 122 Å². The van der Waals surface area contributed by atoms with E-state index in [9.17, 15) is 46.5 Å². The molecule has 58 heavy (non-hydrogen) atoms. The molecule has 22 nitrogen and oxygen atoms in total. The lowest BCUT2D eigenvalue weighted by Gasteiger charge is -2.44. The number of esters is 7. The third-order valence-electron chi connectivity index (χ3n) is 7.60. The summed E-state index contributed by atoms with van der Waals surface area (Å²) in [6, 6.07) is 5.80. The number of ether oxygens (including phenoxy) is 10. The van der Waals surface area contributed by atoms with E-state index in [0.717, 1.165) is 48.5 Å². The van der Waals surface area contributed by atoms with E-state index in [0.29, 0.717) is 17.3 Å². The molecule has 2 heterocycles. The Labute approximate surface area is 336 Å². The minimum atomic E-state index is -5.17. The Morgan fingerprint density at radius 1 is 0.655 bits per heavy atom. The molecule has 3 rings (SSSR count). The van der Waals surface area contributed by atoms with Crippen LogP contribution in [0.2, 0.25) is 0 Å². The Morgan fingerprint density at radius 2 is 1.12 bits per heavy atom. The van der Waals surface area contributed by atoms with E-state index in [1.54, 1.807) is 0 Å². The Kier molecular flexibility index (Phi) is 17.2. The second kappa shape index (κ2) is 21.1. The van der Waals surface area contributed by atoms with Crippen LogP contribution in [0.4, 0.5) is 0 Å². The molecule has 0 radical (unpaired) electrons. The fourth-order valence-electron chi connectivity index (χ4n) is 5.66. The van der Waals surface area contributed by atoms with E-state index in [1.165, 1.54) is 31.2 Å². The third-order valence-corrected chi connectivity index (χ3v) is 8.96. The predicted molar refractivity (Wildman–Crippen MR) is 191 cm³/mol. The summed E-state index contributed by atoms with van der Waals surface area (Å²) in [6.07, 6.45) is -12.4. The van der Waals surface area contributed by atoms with E-state index in [1.807, 2.05) is 0 Å². The molecule has 24 heteroatoms. The van der Waals surface area contributed by atoms with E-state index in [-0.39, 0.29) is 17.2 Å². The molecule has 2 aliphatic heterocycles. The fraction of sp³-hybridized carbons (Fsp3) is 0.588. The molecule has 1 aromatic rings. The van der Waals surface area contributed by atoms with E-state index in [2.05, 4.69) is 9.44 Å². The molecule has 0 amide bonds. The maximum Gasteiger partial charge on any atom is 0.466 e. The van der Waals surface area contributed by atoms with Gasteiger partial charge in [-0.3, -0.25) is 38.1 Å². The SMILES string of the molecule is CC(=O)OC[C@H]1O[C@@H](S/C(Cc2ccc(O[C@@H]3O[C@@H](C)[C@H](OC(C)=O)[C@@H](OC(C)=O)[C@H]3OC(C)=O)cc2)=N\OS(=O)(=O)O)[C@H](OC(C)=O)[C@@H](OC(C)=O)[C@@H]1OC(C)=O. The number of oxime groups is 1. The van der Waals surface area contributed by atoms with Gasteiger partial charge in [0.25, 0.3) is 0 Å². The zero-order valence-corrected chi connectivity index (χ0v) is 34.0. The summed E-state index contributed by atoms with van der Waals surface area (Å²) < 4.78 is 92.1. The fourth-order valence-corrected chi connectivity index (χ4v) is 7.03. The van der Waals surface area contributed by atoms with Gasteiger partial charge in [-0.1, -0.05) is 29.1 Å². The third kappa shape index (κ3) is 15.0. The normalized spacial score (nSPS) is 27.2. The second-order valence-electron chi connectivity index (χ2n) is 12.5. The molecule has 0 bridgehead atoms. The minimum absolute atomic E-state index is 0.116. The van der Waals surface area contributed by atoms with Crippen LogP contribution in [0.3, 0.4) is 0 Å². The number of carbonyl (C=O) groups is 7. The van der Waals surface area contributed by atoms with Gasteiger partial charge in [0, 0.05) is 54.9 Å².